The van der Waals surface area contributed by atoms with Crippen LogP contribution < -0.4 is 0 Å². The Morgan fingerprint density at radius 3 is 2.67 bits per heavy atom. The van der Waals surface area contributed by atoms with Crippen molar-refractivity contribution in [3.8, 4) is 0 Å². The zero-order chi connectivity index (χ0) is 11.3. The highest BCUT2D eigenvalue weighted by molar-refractivity contribution is 5.86. The van der Waals surface area contributed by atoms with Crippen molar-refractivity contribution < 1.29 is 19.0 Å². The molecule has 4 heteroatoms. The van der Waals surface area contributed by atoms with Crippen LogP contribution in [0.2, 0.25) is 0 Å². The molecule has 1 rings (SSSR count). The minimum absolute atomic E-state index is 0.0572. The lowest BCUT2D eigenvalue weighted by atomic mass is 10.1. The topological polar surface area (TPSA) is 48.1 Å². The number of hydrogen-bond donors (Lipinski definition) is 0. The van der Waals surface area contributed by atoms with Crippen molar-refractivity contribution in [3.63, 3.8) is 0 Å². The van der Waals surface area contributed by atoms with Crippen LogP contribution in [0.25, 0.3) is 0 Å². The zero-order valence-electron chi connectivity index (χ0n) is 9.38. The summed E-state index contributed by atoms with van der Waals surface area (Å²) in [6, 6.07) is 0. The predicted octanol–water partition coefficient (Wildman–Crippen LogP) is 1.30. The van der Waals surface area contributed by atoms with E-state index in [0.717, 1.165) is 13.0 Å². The zero-order valence-corrected chi connectivity index (χ0v) is 9.38. The van der Waals surface area contributed by atoms with E-state index >= 15 is 0 Å². The smallest absolute Gasteiger partial charge is 0.333 e. The van der Waals surface area contributed by atoms with Crippen LogP contribution >= 0.6 is 0 Å². The van der Waals surface area contributed by atoms with E-state index in [0.29, 0.717) is 18.8 Å². The molecule has 0 bridgehead atoms. The summed E-state index contributed by atoms with van der Waals surface area (Å²) in [4.78, 5) is 11.0. The van der Waals surface area contributed by atoms with Gasteiger partial charge in [-0.1, -0.05) is 13.5 Å². The van der Waals surface area contributed by atoms with E-state index in [1.54, 1.807) is 6.92 Å². The van der Waals surface area contributed by atoms with Crippen LogP contribution in [0.1, 0.15) is 20.3 Å². The van der Waals surface area contributed by atoms with Crippen molar-refractivity contribution in [2.24, 2.45) is 0 Å². The number of epoxide rings is 1. The van der Waals surface area contributed by atoms with Gasteiger partial charge in [-0.25, -0.2) is 4.79 Å². The van der Waals surface area contributed by atoms with E-state index in [1.807, 2.05) is 0 Å². The lowest BCUT2D eigenvalue weighted by molar-refractivity contribution is -0.140. The first-order chi connectivity index (χ1) is 7.09. The molecule has 0 aromatic rings. The molecule has 0 saturated carbocycles. The van der Waals surface area contributed by atoms with Crippen LogP contribution in [0.5, 0.6) is 0 Å². The van der Waals surface area contributed by atoms with Gasteiger partial charge in [-0.2, -0.15) is 0 Å². The molecule has 0 aromatic heterocycles. The molecule has 1 atom stereocenters. The first-order valence-corrected chi connectivity index (χ1v) is 5.14. The quantitative estimate of drug-likeness (QED) is 0.277. The Kier molecular flexibility index (Phi) is 4.29. The van der Waals surface area contributed by atoms with E-state index in [1.165, 1.54) is 0 Å². The van der Waals surface area contributed by atoms with Crippen LogP contribution in [0.3, 0.4) is 0 Å². The third-order valence-corrected chi connectivity index (χ3v) is 2.37. The van der Waals surface area contributed by atoms with Gasteiger partial charge in [0.2, 0.25) is 0 Å². The SMILES string of the molecule is C=C(C)C(=O)OCCOCC1(CC)CO1. The maximum absolute atomic E-state index is 11.0. The molecule has 4 nitrogen and oxygen atoms in total. The first kappa shape index (κ1) is 12.2. The van der Waals surface area contributed by atoms with Crippen molar-refractivity contribution >= 4 is 5.97 Å². The molecule has 86 valence electrons. The van der Waals surface area contributed by atoms with Crippen LogP contribution in [0.15, 0.2) is 12.2 Å². The van der Waals surface area contributed by atoms with E-state index in [2.05, 4.69) is 13.5 Å². The Morgan fingerprint density at radius 1 is 1.53 bits per heavy atom. The molecule has 1 heterocycles. The van der Waals surface area contributed by atoms with Gasteiger partial charge in [-0.15, -0.1) is 0 Å². The summed E-state index contributed by atoms with van der Waals surface area (Å²) in [7, 11) is 0. The summed E-state index contributed by atoms with van der Waals surface area (Å²) in [5.41, 5.74) is 0.351. The van der Waals surface area contributed by atoms with E-state index < -0.39 is 0 Å². The third kappa shape index (κ3) is 4.01. The molecule has 0 radical (unpaired) electrons. The van der Waals surface area contributed by atoms with Gasteiger partial charge in [-0.3, -0.25) is 0 Å². The highest BCUT2D eigenvalue weighted by Crippen LogP contribution is 2.30. The van der Waals surface area contributed by atoms with E-state index in [-0.39, 0.29) is 18.2 Å². The average Bonchev–Trinajstić information content (AvgIpc) is 2.97. The molecule has 0 spiro atoms. The van der Waals surface area contributed by atoms with Crippen molar-refractivity contribution in [3.05, 3.63) is 12.2 Å². The summed E-state index contributed by atoms with van der Waals surface area (Å²) in [6.07, 6.45) is 0.957. The van der Waals surface area contributed by atoms with Crippen molar-refractivity contribution in [2.45, 2.75) is 25.9 Å². The first-order valence-electron chi connectivity index (χ1n) is 5.14. The van der Waals surface area contributed by atoms with Crippen molar-refractivity contribution in [2.75, 3.05) is 26.4 Å². The Hall–Kier alpha value is -0.870. The molecular formula is C11H18O4. The Labute approximate surface area is 90.2 Å². The molecule has 0 aromatic carbocycles. The van der Waals surface area contributed by atoms with Crippen LogP contribution in [0.4, 0.5) is 0 Å². The highest BCUT2D eigenvalue weighted by atomic mass is 16.6. The maximum Gasteiger partial charge on any atom is 0.333 e. The van der Waals surface area contributed by atoms with Gasteiger partial charge in [-0.05, 0) is 13.3 Å². The predicted molar refractivity (Wildman–Crippen MR) is 55.6 cm³/mol. The second-order valence-corrected chi connectivity index (χ2v) is 3.79. The normalized spacial score (nSPS) is 23.6. The fourth-order valence-electron chi connectivity index (χ4n) is 1.07. The minimum Gasteiger partial charge on any atom is -0.460 e. The number of esters is 1. The van der Waals surface area contributed by atoms with Crippen molar-refractivity contribution in [1.82, 2.24) is 0 Å². The largest absolute Gasteiger partial charge is 0.460 e. The Morgan fingerprint density at radius 2 is 2.20 bits per heavy atom. The van der Waals surface area contributed by atoms with Gasteiger partial charge < -0.3 is 14.2 Å². The average molecular weight is 214 g/mol. The number of hydrogen-bond acceptors (Lipinski definition) is 4. The second kappa shape index (κ2) is 5.28. The molecule has 0 amide bonds. The van der Waals surface area contributed by atoms with Crippen LogP contribution in [-0.2, 0) is 19.0 Å². The fraction of sp³-hybridized carbons (Fsp3) is 0.727. The van der Waals surface area contributed by atoms with E-state index in [9.17, 15) is 4.79 Å². The van der Waals surface area contributed by atoms with Gasteiger partial charge >= 0.3 is 5.97 Å². The number of carbonyl (C=O) groups is 1. The molecule has 1 unspecified atom stereocenters. The van der Waals surface area contributed by atoms with Gasteiger partial charge in [0.25, 0.3) is 0 Å². The third-order valence-electron chi connectivity index (χ3n) is 2.37. The maximum atomic E-state index is 11.0. The number of ether oxygens (including phenoxy) is 3. The summed E-state index contributed by atoms with van der Waals surface area (Å²) in [5, 5.41) is 0. The van der Waals surface area contributed by atoms with Crippen molar-refractivity contribution in [1.29, 1.82) is 0 Å². The van der Waals surface area contributed by atoms with Crippen LogP contribution in [-0.4, -0.2) is 38.0 Å². The lowest BCUT2D eigenvalue weighted by Gasteiger charge is -2.09. The fourth-order valence-corrected chi connectivity index (χ4v) is 1.07. The molecule has 15 heavy (non-hydrogen) atoms. The lowest BCUT2D eigenvalue weighted by Crippen LogP contribution is -2.20. The summed E-state index contributed by atoms with van der Waals surface area (Å²) in [6.45, 7) is 9.19. The molecular weight excluding hydrogens is 196 g/mol. The second-order valence-electron chi connectivity index (χ2n) is 3.79. The molecule has 0 aliphatic carbocycles. The standard InChI is InChI=1S/C11H18O4/c1-4-11(8-15-11)7-13-5-6-14-10(12)9(2)3/h2,4-8H2,1,3H3. The van der Waals surface area contributed by atoms with Gasteiger partial charge in [0.15, 0.2) is 0 Å². The molecule has 1 aliphatic rings. The highest BCUT2D eigenvalue weighted by Gasteiger charge is 2.42. The van der Waals surface area contributed by atoms with Gasteiger partial charge in [0.05, 0.1) is 19.8 Å². The molecule has 1 fully saturated rings. The summed E-state index contributed by atoms with van der Waals surface area (Å²) >= 11 is 0. The number of rotatable bonds is 7. The minimum atomic E-state index is -0.369. The summed E-state index contributed by atoms with van der Waals surface area (Å²) < 4.78 is 15.5. The molecule has 0 N–H and O–H groups in total. The van der Waals surface area contributed by atoms with Gasteiger partial charge in [0.1, 0.15) is 12.2 Å². The molecule has 1 saturated heterocycles. The Bertz CT molecular complexity index is 243. The van der Waals surface area contributed by atoms with Gasteiger partial charge in [0, 0.05) is 5.57 Å². The molecule has 1 aliphatic heterocycles. The van der Waals surface area contributed by atoms with E-state index in [4.69, 9.17) is 14.2 Å². The Balaban J connectivity index is 1.98. The van der Waals surface area contributed by atoms with Crippen LogP contribution in [0, 0.1) is 0 Å². The number of carbonyl (C=O) groups excluding carboxylic acids is 1. The summed E-state index contributed by atoms with van der Waals surface area (Å²) in [5.74, 6) is -0.369. The monoisotopic (exact) mass is 214 g/mol.